The van der Waals surface area contributed by atoms with Gasteiger partial charge in [0.1, 0.15) is 5.54 Å². The Labute approximate surface area is 157 Å². The topological polar surface area (TPSA) is 25.2 Å². The van der Waals surface area contributed by atoms with Gasteiger partial charge < -0.3 is 4.57 Å². The highest BCUT2D eigenvalue weighted by molar-refractivity contribution is 6.15. The molecule has 2 aliphatic rings. The van der Waals surface area contributed by atoms with E-state index in [0.717, 1.165) is 22.5 Å². The van der Waals surface area contributed by atoms with Gasteiger partial charge in [-0.2, -0.15) is 0 Å². The fraction of sp³-hybridized carbons (Fsp3) is 0.125. The van der Waals surface area contributed by atoms with Crippen LogP contribution in [-0.2, 0) is 5.54 Å². The van der Waals surface area contributed by atoms with Crippen molar-refractivity contribution in [2.24, 2.45) is 0 Å². The molecule has 0 radical (unpaired) electrons. The molecule has 0 bridgehead atoms. The third-order valence-electron chi connectivity index (χ3n) is 6.28. The van der Waals surface area contributed by atoms with Crippen LogP contribution in [0.4, 0.5) is 5.69 Å². The van der Waals surface area contributed by atoms with E-state index in [-0.39, 0.29) is 5.91 Å². The Balaban J connectivity index is 1.87. The molecule has 1 atom stereocenters. The minimum Gasteiger partial charge on any atom is -0.308 e. The summed E-state index contributed by atoms with van der Waals surface area (Å²) < 4.78 is 2.35. The van der Waals surface area contributed by atoms with Crippen LogP contribution in [0.5, 0.6) is 0 Å². The normalized spacial score (nSPS) is 19.6. The van der Waals surface area contributed by atoms with Gasteiger partial charge in [-0.25, -0.2) is 0 Å². The molecule has 3 nitrogen and oxygen atoms in total. The van der Waals surface area contributed by atoms with Gasteiger partial charge in [0, 0.05) is 10.9 Å². The summed E-state index contributed by atoms with van der Waals surface area (Å²) in [5.74, 6) is 0.0801. The lowest BCUT2D eigenvalue weighted by Gasteiger charge is -2.42. The molecule has 3 aromatic carbocycles. The molecule has 0 aliphatic carbocycles. The lowest BCUT2D eigenvalue weighted by atomic mass is 9.84. The minimum absolute atomic E-state index is 0.0801. The monoisotopic (exact) mass is 350 g/mol. The molecular formula is C24H18N2O. The molecule has 27 heavy (non-hydrogen) atoms. The first-order valence-electron chi connectivity index (χ1n) is 9.28. The Morgan fingerprint density at radius 1 is 0.815 bits per heavy atom. The molecule has 0 N–H and O–H groups in total. The Kier molecular flexibility index (Phi) is 2.57. The van der Waals surface area contributed by atoms with Gasteiger partial charge in [0.2, 0.25) is 0 Å². The van der Waals surface area contributed by atoms with Crippen LogP contribution >= 0.6 is 0 Å². The number of fused-ring (bicyclic) bond motifs is 10. The van der Waals surface area contributed by atoms with E-state index >= 15 is 0 Å². The van der Waals surface area contributed by atoms with Gasteiger partial charge in [-0.05, 0) is 49.2 Å². The standard InChI is InChI=1S/C24H18N2O/c1-15-16-9-4-6-12-19(16)25-20-13-7-8-14-21(20)26-23(27)17-10-3-5-11-18(17)24(26,2)22(15)25/h3-14H,1-2H3. The van der Waals surface area contributed by atoms with Crippen LogP contribution in [0, 0.1) is 6.92 Å². The summed E-state index contributed by atoms with van der Waals surface area (Å²) >= 11 is 0. The van der Waals surface area contributed by atoms with Crippen molar-refractivity contribution in [3.05, 3.63) is 95.2 Å². The number of amides is 1. The molecule has 0 saturated carbocycles. The predicted molar refractivity (Wildman–Crippen MR) is 108 cm³/mol. The van der Waals surface area contributed by atoms with E-state index in [1.807, 2.05) is 35.2 Å². The van der Waals surface area contributed by atoms with Crippen LogP contribution in [-0.4, -0.2) is 10.5 Å². The highest BCUT2D eigenvalue weighted by atomic mass is 16.2. The molecule has 6 rings (SSSR count). The zero-order chi connectivity index (χ0) is 18.3. The molecule has 4 aromatic rings. The van der Waals surface area contributed by atoms with Crippen molar-refractivity contribution in [1.82, 2.24) is 4.57 Å². The van der Waals surface area contributed by atoms with Crippen LogP contribution in [0.1, 0.15) is 34.1 Å². The van der Waals surface area contributed by atoms with Gasteiger partial charge in [0.25, 0.3) is 5.91 Å². The number of nitrogens with zero attached hydrogens (tertiary/aromatic N) is 2. The third kappa shape index (κ3) is 1.53. The van der Waals surface area contributed by atoms with E-state index < -0.39 is 5.54 Å². The number of carbonyl (C=O) groups excluding carboxylic acids is 1. The first-order valence-corrected chi connectivity index (χ1v) is 9.28. The summed E-state index contributed by atoms with van der Waals surface area (Å²) in [4.78, 5) is 15.4. The van der Waals surface area contributed by atoms with Gasteiger partial charge in [0.15, 0.2) is 0 Å². The fourth-order valence-electron chi connectivity index (χ4n) is 5.20. The molecule has 130 valence electrons. The van der Waals surface area contributed by atoms with E-state index in [1.54, 1.807) is 0 Å². The Hall–Kier alpha value is -3.33. The number of aromatic nitrogens is 1. The third-order valence-corrected chi connectivity index (χ3v) is 6.28. The molecule has 1 aromatic heterocycles. The fourth-order valence-corrected chi connectivity index (χ4v) is 5.20. The molecular weight excluding hydrogens is 332 g/mol. The summed E-state index contributed by atoms with van der Waals surface area (Å²) in [5, 5.41) is 1.24. The highest BCUT2D eigenvalue weighted by Gasteiger charge is 2.53. The number of benzene rings is 3. The van der Waals surface area contributed by atoms with E-state index in [9.17, 15) is 4.79 Å². The maximum Gasteiger partial charge on any atom is 0.259 e. The molecule has 0 spiro atoms. The maximum atomic E-state index is 13.5. The zero-order valence-electron chi connectivity index (χ0n) is 15.2. The van der Waals surface area contributed by atoms with E-state index in [1.165, 1.54) is 22.2 Å². The Morgan fingerprint density at radius 2 is 1.48 bits per heavy atom. The van der Waals surface area contributed by atoms with E-state index in [4.69, 9.17) is 0 Å². The zero-order valence-corrected chi connectivity index (χ0v) is 15.2. The SMILES string of the molecule is Cc1c2n(c3ccccc13)-c1ccccc1N1C(=O)c3ccccc3C21C. The Morgan fingerprint density at radius 3 is 2.33 bits per heavy atom. The van der Waals surface area contributed by atoms with Gasteiger partial charge in [-0.3, -0.25) is 9.69 Å². The van der Waals surface area contributed by atoms with E-state index in [0.29, 0.717) is 0 Å². The van der Waals surface area contributed by atoms with Crippen LogP contribution in [0.2, 0.25) is 0 Å². The van der Waals surface area contributed by atoms with Crippen LogP contribution < -0.4 is 4.90 Å². The first kappa shape index (κ1) is 14.8. The Bertz CT molecular complexity index is 1280. The van der Waals surface area contributed by atoms with Crippen molar-refractivity contribution < 1.29 is 4.79 Å². The quantitative estimate of drug-likeness (QED) is 0.429. The second-order valence-corrected chi connectivity index (χ2v) is 7.57. The van der Waals surface area contributed by atoms with Crippen LogP contribution in [0.3, 0.4) is 0 Å². The van der Waals surface area contributed by atoms with Crippen molar-refractivity contribution in [2.75, 3.05) is 4.90 Å². The van der Waals surface area contributed by atoms with Crippen molar-refractivity contribution in [1.29, 1.82) is 0 Å². The second-order valence-electron chi connectivity index (χ2n) is 7.57. The summed E-state index contributed by atoms with van der Waals surface area (Å²) in [6.45, 7) is 4.36. The number of para-hydroxylation sites is 3. The van der Waals surface area contributed by atoms with Crippen molar-refractivity contribution in [2.45, 2.75) is 19.4 Å². The number of carbonyl (C=O) groups is 1. The summed E-state index contributed by atoms with van der Waals surface area (Å²) in [7, 11) is 0. The average Bonchev–Trinajstić information content (AvgIpc) is 3.14. The number of hydrogen-bond donors (Lipinski definition) is 0. The molecule has 3 heterocycles. The van der Waals surface area contributed by atoms with Gasteiger partial charge in [0.05, 0.1) is 22.6 Å². The average molecular weight is 350 g/mol. The molecule has 0 fully saturated rings. The maximum absolute atomic E-state index is 13.5. The van der Waals surface area contributed by atoms with Gasteiger partial charge >= 0.3 is 0 Å². The van der Waals surface area contributed by atoms with Crippen molar-refractivity contribution in [3.8, 4) is 5.69 Å². The van der Waals surface area contributed by atoms with Gasteiger partial charge in [-0.15, -0.1) is 0 Å². The molecule has 1 amide bonds. The van der Waals surface area contributed by atoms with Gasteiger partial charge in [-0.1, -0.05) is 48.5 Å². The van der Waals surface area contributed by atoms with Crippen molar-refractivity contribution >= 4 is 22.5 Å². The molecule has 1 unspecified atom stereocenters. The molecule has 2 aliphatic heterocycles. The first-order chi connectivity index (χ1) is 13.1. The summed E-state index contributed by atoms with van der Waals surface area (Å²) in [6, 6.07) is 24.8. The molecule has 3 heteroatoms. The largest absolute Gasteiger partial charge is 0.308 e. The van der Waals surface area contributed by atoms with E-state index in [2.05, 4.69) is 60.9 Å². The highest BCUT2D eigenvalue weighted by Crippen LogP contribution is 2.54. The predicted octanol–water partition coefficient (Wildman–Crippen LogP) is 5.18. The summed E-state index contributed by atoms with van der Waals surface area (Å²) in [5.41, 5.74) is 6.99. The summed E-state index contributed by atoms with van der Waals surface area (Å²) in [6.07, 6.45) is 0. The van der Waals surface area contributed by atoms with Crippen LogP contribution in [0.25, 0.3) is 16.6 Å². The van der Waals surface area contributed by atoms with Crippen molar-refractivity contribution in [3.63, 3.8) is 0 Å². The minimum atomic E-state index is -0.523. The smallest absolute Gasteiger partial charge is 0.259 e. The van der Waals surface area contributed by atoms with Crippen LogP contribution in [0.15, 0.2) is 72.8 Å². The lowest BCUT2D eigenvalue weighted by Crippen LogP contribution is -2.47. The number of anilines is 1. The number of aryl methyl sites for hydroxylation is 1. The number of hydrogen-bond acceptors (Lipinski definition) is 1. The molecule has 0 saturated heterocycles. The second kappa shape index (κ2) is 4.68. The lowest BCUT2D eigenvalue weighted by molar-refractivity contribution is 0.0982. The number of rotatable bonds is 0.